The van der Waals surface area contributed by atoms with Crippen molar-refractivity contribution >= 4 is 17.3 Å². The molecule has 0 bridgehead atoms. The van der Waals surface area contributed by atoms with E-state index in [0.717, 1.165) is 17.8 Å². The number of para-hydroxylation sites is 1. The zero-order valence-electron chi connectivity index (χ0n) is 13.0. The molecule has 0 spiro atoms. The van der Waals surface area contributed by atoms with E-state index in [-0.39, 0.29) is 5.91 Å². The summed E-state index contributed by atoms with van der Waals surface area (Å²) in [6, 6.07) is 15.5. The summed E-state index contributed by atoms with van der Waals surface area (Å²) in [5, 5.41) is 0. The third-order valence-electron chi connectivity index (χ3n) is 4.47. The maximum Gasteiger partial charge on any atom is 0.258 e. The van der Waals surface area contributed by atoms with Gasteiger partial charge in [-0.1, -0.05) is 30.7 Å². The molecule has 0 unspecified atom stereocenters. The molecule has 1 aliphatic carbocycles. The lowest BCUT2D eigenvalue weighted by atomic mass is 9.85. The molecule has 0 saturated heterocycles. The molecule has 2 aromatic carbocycles. The van der Waals surface area contributed by atoms with Gasteiger partial charge in [-0.05, 0) is 55.5 Å². The summed E-state index contributed by atoms with van der Waals surface area (Å²) in [6.45, 7) is 2.75. The van der Waals surface area contributed by atoms with E-state index in [1.807, 2.05) is 54.3 Å². The van der Waals surface area contributed by atoms with Crippen molar-refractivity contribution in [2.24, 2.45) is 5.92 Å². The second-order valence-corrected chi connectivity index (χ2v) is 6.12. The number of aryl methyl sites for hydroxylation is 1. The second kappa shape index (κ2) is 6.22. The van der Waals surface area contributed by atoms with E-state index < -0.39 is 0 Å². The zero-order chi connectivity index (χ0) is 15.5. The molecular formula is C19H22N2O. The Morgan fingerprint density at radius 2 is 1.91 bits per heavy atom. The van der Waals surface area contributed by atoms with Gasteiger partial charge in [0, 0.05) is 23.5 Å². The predicted octanol–water partition coefficient (Wildman–Crippen LogP) is 4.02. The molecule has 0 aliphatic heterocycles. The maximum absolute atomic E-state index is 13.1. The normalized spacial score (nSPS) is 14.4. The number of amides is 1. The number of hydrogen-bond acceptors (Lipinski definition) is 2. The van der Waals surface area contributed by atoms with Crippen molar-refractivity contribution < 1.29 is 4.79 Å². The minimum absolute atomic E-state index is 0.0444. The van der Waals surface area contributed by atoms with E-state index in [1.165, 1.54) is 19.3 Å². The number of anilines is 2. The first kappa shape index (κ1) is 14.6. The standard InChI is InChI=1S/C19H22N2O/c1-14-10-11-16(20)12-18(14)19(22)21(13-15-6-5-7-15)17-8-3-2-4-9-17/h2-4,8-12,15H,5-7,13,20H2,1H3. The highest BCUT2D eigenvalue weighted by Crippen LogP contribution is 2.30. The molecule has 2 N–H and O–H groups in total. The van der Waals surface area contributed by atoms with Crippen LogP contribution in [0.4, 0.5) is 11.4 Å². The minimum atomic E-state index is 0.0444. The van der Waals surface area contributed by atoms with E-state index in [0.29, 0.717) is 17.2 Å². The van der Waals surface area contributed by atoms with Crippen LogP contribution in [-0.4, -0.2) is 12.5 Å². The van der Waals surface area contributed by atoms with Gasteiger partial charge in [-0.2, -0.15) is 0 Å². The van der Waals surface area contributed by atoms with Gasteiger partial charge < -0.3 is 10.6 Å². The first-order chi connectivity index (χ1) is 10.6. The third-order valence-corrected chi connectivity index (χ3v) is 4.47. The largest absolute Gasteiger partial charge is 0.399 e. The second-order valence-electron chi connectivity index (χ2n) is 6.12. The topological polar surface area (TPSA) is 46.3 Å². The Morgan fingerprint density at radius 1 is 1.18 bits per heavy atom. The van der Waals surface area contributed by atoms with Crippen molar-refractivity contribution in [2.75, 3.05) is 17.2 Å². The molecule has 2 aromatic rings. The number of carbonyl (C=O) groups excluding carboxylic acids is 1. The smallest absolute Gasteiger partial charge is 0.258 e. The summed E-state index contributed by atoms with van der Waals surface area (Å²) in [4.78, 5) is 15.0. The summed E-state index contributed by atoms with van der Waals surface area (Å²) in [6.07, 6.45) is 3.71. The number of rotatable bonds is 4. The summed E-state index contributed by atoms with van der Waals surface area (Å²) >= 11 is 0. The molecule has 22 heavy (non-hydrogen) atoms. The highest BCUT2D eigenvalue weighted by Gasteiger charge is 2.26. The summed E-state index contributed by atoms with van der Waals surface area (Å²) in [5.41, 5.74) is 9.13. The van der Waals surface area contributed by atoms with Crippen molar-refractivity contribution in [3.8, 4) is 0 Å². The maximum atomic E-state index is 13.1. The van der Waals surface area contributed by atoms with Gasteiger partial charge in [-0.15, -0.1) is 0 Å². The molecule has 0 atom stereocenters. The van der Waals surface area contributed by atoms with E-state index in [4.69, 9.17) is 5.73 Å². The summed E-state index contributed by atoms with van der Waals surface area (Å²) in [7, 11) is 0. The molecule has 0 heterocycles. The van der Waals surface area contributed by atoms with Gasteiger partial charge in [0.1, 0.15) is 0 Å². The fourth-order valence-electron chi connectivity index (χ4n) is 2.86. The van der Waals surface area contributed by atoms with Crippen LogP contribution in [0.1, 0.15) is 35.2 Å². The molecule has 1 saturated carbocycles. The number of nitrogens with zero attached hydrogens (tertiary/aromatic N) is 1. The van der Waals surface area contributed by atoms with Crippen LogP contribution < -0.4 is 10.6 Å². The summed E-state index contributed by atoms with van der Waals surface area (Å²) in [5.74, 6) is 0.661. The molecule has 3 rings (SSSR count). The Bertz CT molecular complexity index is 662. The van der Waals surface area contributed by atoms with Crippen molar-refractivity contribution in [3.63, 3.8) is 0 Å². The predicted molar refractivity (Wildman–Crippen MR) is 91.1 cm³/mol. The number of carbonyl (C=O) groups is 1. The summed E-state index contributed by atoms with van der Waals surface area (Å²) < 4.78 is 0. The van der Waals surface area contributed by atoms with Crippen molar-refractivity contribution in [2.45, 2.75) is 26.2 Å². The Labute approximate surface area is 131 Å². The van der Waals surface area contributed by atoms with Crippen LogP contribution >= 0.6 is 0 Å². The highest BCUT2D eigenvalue weighted by atomic mass is 16.2. The first-order valence-corrected chi connectivity index (χ1v) is 7.88. The molecule has 3 nitrogen and oxygen atoms in total. The lowest BCUT2D eigenvalue weighted by Gasteiger charge is -2.33. The first-order valence-electron chi connectivity index (χ1n) is 7.88. The SMILES string of the molecule is Cc1ccc(N)cc1C(=O)N(CC1CCC1)c1ccccc1. The lowest BCUT2D eigenvalue weighted by molar-refractivity contribution is 0.0977. The van der Waals surface area contributed by atoms with Crippen molar-refractivity contribution in [3.05, 3.63) is 59.7 Å². The fourth-order valence-corrected chi connectivity index (χ4v) is 2.86. The van der Waals surface area contributed by atoms with E-state index in [1.54, 1.807) is 6.07 Å². The molecule has 1 amide bonds. The van der Waals surface area contributed by atoms with Gasteiger partial charge in [0.15, 0.2) is 0 Å². The highest BCUT2D eigenvalue weighted by molar-refractivity contribution is 6.07. The van der Waals surface area contributed by atoms with Gasteiger partial charge in [0.05, 0.1) is 0 Å². The van der Waals surface area contributed by atoms with Crippen LogP contribution in [0.3, 0.4) is 0 Å². The number of benzene rings is 2. The average molecular weight is 294 g/mol. The van der Waals surface area contributed by atoms with Crippen LogP contribution in [0.2, 0.25) is 0 Å². The van der Waals surface area contributed by atoms with Crippen LogP contribution in [0.25, 0.3) is 0 Å². The molecule has 1 fully saturated rings. The third kappa shape index (κ3) is 2.98. The quantitative estimate of drug-likeness (QED) is 0.866. The van der Waals surface area contributed by atoms with Crippen LogP contribution in [0.5, 0.6) is 0 Å². The number of nitrogens with two attached hydrogens (primary N) is 1. The van der Waals surface area contributed by atoms with Gasteiger partial charge >= 0.3 is 0 Å². The van der Waals surface area contributed by atoms with Gasteiger partial charge in [0.25, 0.3) is 5.91 Å². The van der Waals surface area contributed by atoms with Crippen LogP contribution in [-0.2, 0) is 0 Å². The van der Waals surface area contributed by atoms with Gasteiger partial charge in [-0.25, -0.2) is 0 Å². The Kier molecular flexibility index (Phi) is 4.14. The Morgan fingerprint density at radius 3 is 2.55 bits per heavy atom. The van der Waals surface area contributed by atoms with Gasteiger partial charge in [-0.3, -0.25) is 4.79 Å². The fraction of sp³-hybridized carbons (Fsp3) is 0.316. The van der Waals surface area contributed by atoms with Gasteiger partial charge in [0.2, 0.25) is 0 Å². The van der Waals surface area contributed by atoms with E-state index in [9.17, 15) is 4.79 Å². The molecule has 0 aromatic heterocycles. The van der Waals surface area contributed by atoms with E-state index >= 15 is 0 Å². The Hall–Kier alpha value is -2.29. The van der Waals surface area contributed by atoms with Crippen molar-refractivity contribution in [1.82, 2.24) is 0 Å². The average Bonchev–Trinajstić information content (AvgIpc) is 2.49. The lowest BCUT2D eigenvalue weighted by Crippen LogP contribution is -2.37. The molecule has 1 aliphatic rings. The number of hydrogen-bond donors (Lipinski definition) is 1. The minimum Gasteiger partial charge on any atom is -0.399 e. The molecule has 0 radical (unpaired) electrons. The molecular weight excluding hydrogens is 272 g/mol. The van der Waals surface area contributed by atoms with Crippen LogP contribution in [0.15, 0.2) is 48.5 Å². The zero-order valence-corrected chi connectivity index (χ0v) is 13.0. The van der Waals surface area contributed by atoms with Crippen molar-refractivity contribution in [1.29, 1.82) is 0 Å². The monoisotopic (exact) mass is 294 g/mol. The van der Waals surface area contributed by atoms with Crippen LogP contribution in [0, 0.1) is 12.8 Å². The number of nitrogen functional groups attached to an aromatic ring is 1. The molecule has 3 heteroatoms. The Balaban J connectivity index is 1.93. The van der Waals surface area contributed by atoms with E-state index in [2.05, 4.69) is 0 Å². The molecule has 114 valence electrons.